The number of phenolic OH excluding ortho intramolecular Hbond substituents is 1. The number of ether oxygens (including phenoxy) is 1. The van der Waals surface area contributed by atoms with Gasteiger partial charge in [-0.15, -0.1) is 0 Å². The second kappa shape index (κ2) is 9.29. The Morgan fingerprint density at radius 2 is 1.73 bits per heavy atom. The summed E-state index contributed by atoms with van der Waals surface area (Å²) in [6, 6.07) is 8.18. The average Bonchev–Trinajstić information content (AvgIpc) is 3.20. The maximum absolute atomic E-state index is 13.9. The van der Waals surface area contributed by atoms with E-state index in [4.69, 9.17) is 4.74 Å². The number of aromatic hydroxyl groups is 2. The lowest BCUT2D eigenvalue weighted by Gasteiger charge is -2.42. The minimum atomic E-state index is -1.36. The summed E-state index contributed by atoms with van der Waals surface area (Å²) >= 11 is 0. The van der Waals surface area contributed by atoms with Crippen molar-refractivity contribution in [3.05, 3.63) is 82.0 Å². The first-order chi connectivity index (χ1) is 19.5. The second-order valence-corrected chi connectivity index (χ2v) is 10.7. The average molecular weight is 556 g/mol. The molecule has 10 nitrogen and oxygen atoms in total. The maximum Gasteiger partial charge on any atom is 0.339 e. The zero-order valence-electron chi connectivity index (χ0n) is 22.1. The van der Waals surface area contributed by atoms with Crippen molar-refractivity contribution in [2.45, 2.75) is 25.7 Å². The molecule has 4 aliphatic rings. The van der Waals surface area contributed by atoms with Crippen molar-refractivity contribution < 1.29 is 44.0 Å². The number of nitrogens with zero attached hydrogens (tertiary/aromatic N) is 1. The first-order valence-electron chi connectivity index (χ1n) is 13.0. The van der Waals surface area contributed by atoms with Crippen LogP contribution in [0.3, 0.4) is 0 Å². The number of Topliss-reactive ketones (excluding diaryl/α,β-unsaturated/α-hetero) is 1. The number of phenols is 2. The molecule has 3 N–H and O–H groups in total. The molecular formula is C31H25NO9. The van der Waals surface area contributed by atoms with E-state index in [1.165, 1.54) is 25.3 Å². The molecule has 208 valence electrons. The van der Waals surface area contributed by atoms with E-state index in [9.17, 15) is 39.3 Å². The molecule has 1 saturated heterocycles. The van der Waals surface area contributed by atoms with Gasteiger partial charge in [0.25, 0.3) is 0 Å². The SMILES string of the molecule is COc1ccc([C@H]2C3=CC[C@@H]4C(=O)N(c5ccc(C(=O)O)c(O)c5)C(=O)[C@@H]4[C@@H]3CC3=C2C(=O)C=C(C)C3=O)c(O)c1. The van der Waals surface area contributed by atoms with Gasteiger partial charge in [-0.25, -0.2) is 9.69 Å². The van der Waals surface area contributed by atoms with Crippen molar-refractivity contribution in [2.24, 2.45) is 17.8 Å². The van der Waals surface area contributed by atoms with E-state index in [2.05, 4.69) is 0 Å². The minimum Gasteiger partial charge on any atom is -0.507 e. The number of carboxylic acid groups (broad SMARTS) is 1. The van der Waals surface area contributed by atoms with Gasteiger partial charge >= 0.3 is 5.97 Å². The lowest BCUT2D eigenvalue weighted by atomic mass is 9.59. The van der Waals surface area contributed by atoms with Gasteiger partial charge in [0.1, 0.15) is 22.8 Å². The number of amides is 2. The predicted molar refractivity (Wildman–Crippen MR) is 144 cm³/mol. The van der Waals surface area contributed by atoms with Gasteiger partial charge in [0.05, 0.1) is 24.6 Å². The number of carbonyl (C=O) groups is 5. The number of fused-ring (bicyclic) bond motifs is 3. The molecule has 0 radical (unpaired) electrons. The monoisotopic (exact) mass is 555 g/mol. The van der Waals surface area contributed by atoms with Gasteiger partial charge < -0.3 is 20.1 Å². The number of anilines is 1. The number of benzene rings is 2. The number of aromatic carboxylic acids is 1. The molecule has 0 bridgehead atoms. The summed E-state index contributed by atoms with van der Waals surface area (Å²) in [5, 5.41) is 30.4. The van der Waals surface area contributed by atoms with Crippen LogP contribution < -0.4 is 9.64 Å². The van der Waals surface area contributed by atoms with Gasteiger partial charge in [-0.2, -0.15) is 0 Å². The Labute approximate surface area is 233 Å². The molecule has 1 heterocycles. The highest BCUT2D eigenvalue weighted by Crippen LogP contribution is 2.56. The zero-order valence-corrected chi connectivity index (χ0v) is 22.1. The highest BCUT2D eigenvalue weighted by Gasteiger charge is 2.57. The topological polar surface area (TPSA) is 159 Å². The van der Waals surface area contributed by atoms with Gasteiger partial charge in [0, 0.05) is 40.3 Å². The van der Waals surface area contributed by atoms with E-state index in [1.54, 1.807) is 19.1 Å². The van der Waals surface area contributed by atoms with Crippen LogP contribution in [0.15, 0.2) is 70.8 Å². The van der Waals surface area contributed by atoms with Crippen molar-refractivity contribution >= 4 is 35.0 Å². The smallest absolute Gasteiger partial charge is 0.339 e. The maximum atomic E-state index is 13.9. The predicted octanol–water partition coefficient (Wildman–Crippen LogP) is 3.44. The first kappa shape index (κ1) is 26.2. The summed E-state index contributed by atoms with van der Waals surface area (Å²) in [5.41, 5.74) is 1.52. The third-order valence-corrected chi connectivity index (χ3v) is 8.58. The van der Waals surface area contributed by atoms with Crippen LogP contribution >= 0.6 is 0 Å². The Morgan fingerprint density at radius 3 is 2.39 bits per heavy atom. The van der Waals surface area contributed by atoms with Gasteiger partial charge in [-0.05, 0) is 50.0 Å². The molecule has 0 spiro atoms. The van der Waals surface area contributed by atoms with E-state index < -0.39 is 47.2 Å². The Balaban J connectivity index is 1.47. The number of methoxy groups -OCH3 is 1. The molecule has 1 aliphatic heterocycles. The zero-order chi connectivity index (χ0) is 29.3. The summed E-state index contributed by atoms with van der Waals surface area (Å²) in [5.74, 6) is -6.42. The minimum absolute atomic E-state index is 0.0428. The number of carboxylic acids is 1. The molecule has 2 amide bonds. The van der Waals surface area contributed by atoms with Gasteiger partial charge in [0.15, 0.2) is 11.6 Å². The second-order valence-electron chi connectivity index (χ2n) is 10.7. The normalized spacial score (nSPS) is 25.4. The number of hydrogen-bond acceptors (Lipinski definition) is 8. The first-order valence-corrected chi connectivity index (χ1v) is 13.0. The Morgan fingerprint density at radius 1 is 0.976 bits per heavy atom. The summed E-state index contributed by atoms with van der Waals surface area (Å²) in [6.45, 7) is 1.55. The summed E-state index contributed by atoms with van der Waals surface area (Å²) in [4.78, 5) is 66.5. The molecule has 10 heteroatoms. The Bertz CT molecular complexity index is 1690. The summed E-state index contributed by atoms with van der Waals surface area (Å²) in [6.07, 6.45) is 3.37. The van der Waals surface area contributed by atoms with E-state index in [0.29, 0.717) is 16.9 Å². The Hall–Kier alpha value is -4.99. The summed E-state index contributed by atoms with van der Waals surface area (Å²) < 4.78 is 5.21. The van der Waals surface area contributed by atoms with Crippen molar-refractivity contribution in [1.29, 1.82) is 0 Å². The van der Waals surface area contributed by atoms with Gasteiger partial charge in [-0.3, -0.25) is 19.2 Å². The number of imide groups is 1. The van der Waals surface area contributed by atoms with Crippen LogP contribution in [0, 0.1) is 17.8 Å². The highest BCUT2D eigenvalue weighted by atomic mass is 16.5. The molecule has 0 unspecified atom stereocenters. The largest absolute Gasteiger partial charge is 0.507 e. The Kier molecular flexibility index (Phi) is 5.95. The van der Waals surface area contributed by atoms with E-state index >= 15 is 0 Å². The standard InChI is InChI=1S/C31H25NO9/c1-13-9-24(35)27-21(28(13)36)12-20-16(25(27)17-6-4-15(41-2)11-23(17)34)7-8-19-26(20)30(38)32(29(19)37)14-3-5-18(31(39)40)22(33)10-14/h3-7,9-11,19-20,25-26,33-34H,8,12H2,1-2H3,(H,39,40)/t19-,20+,25+,26-/m0/s1. The van der Waals surface area contributed by atoms with Crippen molar-refractivity contribution in [3.8, 4) is 17.2 Å². The van der Waals surface area contributed by atoms with E-state index in [1.807, 2.05) is 6.08 Å². The van der Waals surface area contributed by atoms with Crippen LogP contribution in [0.4, 0.5) is 5.69 Å². The third kappa shape index (κ3) is 3.81. The fraction of sp³-hybridized carbons (Fsp3) is 0.258. The van der Waals surface area contributed by atoms with Crippen LogP contribution in [0.1, 0.15) is 41.6 Å². The van der Waals surface area contributed by atoms with Crippen LogP contribution in [0.5, 0.6) is 17.2 Å². The molecule has 0 saturated carbocycles. The molecule has 4 atom stereocenters. The number of carbonyl (C=O) groups excluding carboxylic acids is 4. The number of allylic oxidation sites excluding steroid dienone is 6. The molecule has 6 rings (SSSR count). The van der Waals surface area contributed by atoms with E-state index in [0.717, 1.165) is 17.0 Å². The fourth-order valence-corrected chi connectivity index (χ4v) is 6.73. The lowest BCUT2D eigenvalue weighted by molar-refractivity contribution is -0.123. The molecule has 3 aliphatic carbocycles. The van der Waals surface area contributed by atoms with Gasteiger partial charge in [-0.1, -0.05) is 17.7 Å². The van der Waals surface area contributed by atoms with Crippen LogP contribution in [0.2, 0.25) is 0 Å². The van der Waals surface area contributed by atoms with Crippen LogP contribution in [-0.2, 0) is 19.2 Å². The number of ketones is 2. The molecule has 41 heavy (non-hydrogen) atoms. The number of hydrogen-bond donors (Lipinski definition) is 3. The van der Waals surface area contributed by atoms with Crippen LogP contribution in [-0.4, -0.2) is 51.8 Å². The number of rotatable bonds is 4. The third-order valence-electron chi connectivity index (χ3n) is 8.58. The molecule has 2 aromatic carbocycles. The molecular weight excluding hydrogens is 530 g/mol. The highest BCUT2D eigenvalue weighted by molar-refractivity contribution is 6.25. The quantitative estimate of drug-likeness (QED) is 0.292. The summed E-state index contributed by atoms with van der Waals surface area (Å²) in [7, 11) is 1.45. The van der Waals surface area contributed by atoms with Crippen LogP contribution in [0.25, 0.3) is 0 Å². The van der Waals surface area contributed by atoms with Gasteiger partial charge in [0.2, 0.25) is 11.8 Å². The van der Waals surface area contributed by atoms with E-state index in [-0.39, 0.29) is 58.1 Å². The molecule has 0 aromatic heterocycles. The van der Waals surface area contributed by atoms with Crippen molar-refractivity contribution in [1.82, 2.24) is 0 Å². The molecule has 1 fully saturated rings. The van der Waals surface area contributed by atoms with Crippen molar-refractivity contribution in [3.63, 3.8) is 0 Å². The fourth-order valence-electron chi connectivity index (χ4n) is 6.73. The lowest BCUT2D eigenvalue weighted by Crippen LogP contribution is -2.39. The van der Waals surface area contributed by atoms with Crippen molar-refractivity contribution in [2.75, 3.05) is 12.0 Å². The molecule has 2 aromatic rings.